The van der Waals surface area contributed by atoms with Crippen LogP contribution in [-0.2, 0) is 9.59 Å². The van der Waals surface area contributed by atoms with Gasteiger partial charge in [-0.2, -0.15) is 5.10 Å². The van der Waals surface area contributed by atoms with E-state index in [0.29, 0.717) is 23.2 Å². The van der Waals surface area contributed by atoms with Crippen LogP contribution in [0.3, 0.4) is 0 Å². The van der Waals surface area contributed by atoms with Gasteiger partial charge in [0.1, 0.15) is 11.0 Å². The molecule has 1 unspecified atom stereocenters. The van der Waals surface area contributed by atoms with Crippen LogP contribution in [0.15, 0.2) is 64.8 Å². The maximum absolute atomic E-state index is 12.7. The van der Waals surface area contributed by atoms with E-state index in [2.05, 4.69) is 20.8 Å². The van der Waals surface area contributed by atoms with Crippen LogP contribution in [0.1, 0.15) is 32.3 Å². The summed E-state index contributed by atoms with van der Waals surface area (Å²) in [6, 6.07) is 15.3. The number of allylic oxidation sites excluding steroid dienone is 1. The summed E-state index contributed by atoms with van der Waals surface area (Å²) in [5.41, 5.74) is 3.47. The van der Waals surface area contributed by atoms with Crippen molar-refractivity contribution < 1.29 is 14.3 Å². The van der Waals surface area contributed by atoms with Gasteiger partial charge in [-0.3, -0.25) is 9.59 Å². The molecule has 1 atom stereocenters. The molecule has 1 saturated heterocycles. The Bertz CT molecular complexity index is 1110. The number of rotatable bonds is 9. The molecule has 0 saturated carbocycles. The Morgan fingerprint density at radius 2 is 1.91 bits per heavy atom. The molecule has 9 heteroatoms. The van der Waals surface area contributed by atoms with Gasteiger partial charge in [-0.05, 0) is 61.4 Å². The number of carbonyl (C=O) groups is 2. The number of ether oxygens (including phenoxy) is 1. The topological polar surface area (TPSA) is 95.4 Å². The van der Waals surface area contributed by atoms with E-state index in [0.717, 1.165) is 23.4 Å². The van der Waals surface area contributed by atoms with E-state index in [-0.39, 0.29) is 18.2 Å². The number of carbonyl (C=O) groups excluding carboxylic acids is 2. The van der Waals surface area contributed by atoms with E-state index in [1.54, 1.807) is 24.3 Å². The zero-order chi connectivity index (χ0) is 25.2. The summed E-state index contributed by atoms with van der Waals surface area (Å²) in [6.45, 7) is 4.50. The summed E-state index contributed by atoms with van der Waals surface area (Å²) < 4.78 is 5.56. The third-order valence-electron chi connectivity index (χ3n) is 4.98. The Kier molecular flexibility index (Phi) is 9.48. The van der Waals surface area contributed by atoms with Crippen LogP contribution >= 0.6 is 11.8 Å². The Labute approximate surface area is 210 Å². The molecule has 0 aromatic heterocycles. The van der Waals surface area contributed by atoms with E-state index in [1.165, 1.54) is 11.8 Å². The first-order chi connectivity index (χ1) is 16.8. The molecule has 2 amide bonds. The van der Waals surface area contributed by atoms with Gasteiger partial charge in [0.05, 0.1) is 12.3 Å². The fourth-order valence-electron chi connectivity index (χ4n) is 3.07. The Morgan fingerprint density at radius 3 is 2.57 bits per heavy atom. The van der Waals surface area contributed by atoms with E-state index in [4.69, 9.17) is 4.74 Å². The third kappa shape index (κ3) is 8.29. The number of hydrogen-bond acceptors (Lipinski definition) is 7. The number of amides is 2. The minimum Gasteiger partial charge on any atom is -0.494 e. The summed E-state index contributed by atoms with van der Waals surface area (Å²) in [7, 11) is 4.00. The lowest BCUT2D eigenvalue weighted by molar-refractivity contribution is -0.123. The molecule has 35 heavy (non-hydrogen) atoms. The van der Waals surface area contributed by atoms with Gasteiger partial charge in [-0.25, -0.2) is 0 Å². The van der Waals surface area contributed by atoms with Crippen molar-refractivity contribution in [2.45, 2.75) is 31.9 Å². The van der Waals surface area contributed by atoms with Crippen molar-refractivity contribution in [1.29, 1.82) is 0 Å². The third-order valence-corrected chi connectivity index (χ3v) is 6.06. The second kappa shape index (κ2) is 12.8. The minimum absolute atomic E-state index is 0.0682. The van der Waals surface area contributed by atoms with Gasteiger partial charge in [0.25, 0.3) is 0 Å². The predicted molar refractivity (Wildman–Crippen MR) is 145 cm³/mol. The van der Waals surface area contributed by atoms with Crippen LogP contribution < -0.4 is 20.3 Å². The standard InChI is InChI=1S/C26H31N5O3S/c1-5-16-34-22-14-10-20(11-15-22)27-25(33)23-17-24(32)28-26(35-23)30-29-18(2)6-7-19-8-12-21(13-9-19)31(3)4/h6-15,23H,5,16-17H2,1-4H3,(H,27,33)(H,28,30,32)/b7-6+,29-18-. The molecule has 1 aliphatic rings. The highest BCUT2D eigenvalue weighted by atomic mass is 32.2. The smallest absolute Gasteiger partial charge is 0.238 e. The van der Waals surface area contributed by atoms with Crippen molar-refractivity contribution in [3.05, 3.63) is 60.2 Å². The van der Waals surface area contributed by atoms with Gasteiger partial charge in [-0.15, -0.1) is 5.10 Å². The van der Waals surface area contributed by atoms with Crippen molar-refractivity contribution in [2.75, 3.05) is 30.9 Å². The number of benzene rings is 2. The van der Waals surface area contributed by atoms with Gasteiger partial charge in [0, 0.05) is 31.9 Å². The fourth-order valence-corrected chi connectivity index (χ4v) is 4.01. The molecule has 8 nitrogen and oxygen atoms in total. The molecule has 1 heterocycles. The van der Waals surface area contributed by atoms with E-state index in [9.17, 15) is 9.59 Å². The molecule has 2 aromatic carbocycles. The number of nitrogens with zero attached hydrogens (tertiary/aromatic N) is 3. The first-order valence-corrected chi connectivity index (χ1v) is 12.3. The van der Waals surface area contributed by atoms with Crippen molar-refractivity contribution in [3.63, 3.8) is 0 Å². The molecule has 0 bridgehead atoms. The maximum atomic E-state index is 12.7. The van der Waals surface area contributed by atoms with Crippen molar-refractivity contribution in [2.24, 2.45) is 10.2 Å². The van der Waals surface area contributed by atoms with E-state index >= 15 is 0 Å². The molecule has 0 radical (unpaired) electrons. The van der Waals surface area contributed by atoms with Gasteiger partial charge in [-0.1, -0.05) is 36.9 Å². The number of hydrogen-bond donors (Lipinski definition) is 2. The van der Waals surface area contributed by atoms with Crippen LogP contribution in [0.5, 0.6) is 5.75 Å². The lowest BCUT2D eigenvalue weighted by Gasteiger charge is -2.21. The zero-order valence-corrected chi connectivity index (χ0v) is 21.3. The van der Waals surface area contributed by atoms with Crippen LogP contribution in [0, 0.1) is 0 Å². The molecular formula is C26H31N5O3S. The molecular weight excluding hydrogens is 462 g/mol. The molecule has 2 aromatic rings. The Balaban J connectivity index is 1.58. The number of anilines is 2. The average Bonchev–Trinajstić information content (AvgIpc) is 2.85. The molecule has 1 aliphatic heterocycles. The van der Waals surface area contributed by atoms with Gasteiger partial charge >= 0.3 is 0 Å². The van der Waals surface area contributed by atoms with E-state index in [1.807, 2.05) is 69.3 Å². The zero-order valence-electron chi connectivity index (χ0n) is 20.4. The van der Waals surface area contributed by atoms with E-state index < -0.39 is 5.25 Å². The van der Waals surface area contributed by atoms with Gasteiger partial charge < -0.3 is 20.3 Å². The summed E-state index contributed by atoms with van der Waals surface area (Å²) in [6.07, 6.45) is 4.79. The van der Waals surface area contributed by atoms with Gasteiger partial charge in [0.15, 0.2) is 5.17 Å². The minimum atomic E-state index is -0.597. The fraction of sp³-hybridized carbons (Fsp3) is 0.308. The second-order valence-electron chi connectivity index (χ2n) is 8.19. The SMILES string of the molecule is CCCOc1ccc(NC(=O)C2CC(=O)N\C(=N/N=C(C)\C=C\c3ccc(N(C)C)cc3)S2)cc1. The highest BCUT2D eigenvalue weighted by molar-refractivity contribution is 8.15. The predicted octanol–water partition coefficient (Wildman–Crippen LogP) is 4.55. The van der Waals surface area contributed by atoms with Crippen LogP contribution in [-0.4, -0.2) is 48.6 Å². The lowest BCUT2D eigenvalue weighted by Crippen LogP contribution is -2.41. The first kappa shape index (κ1) is 26.0. The highest BCUT2D eigenvalue weighted by Gasteiger charge is 2.30. The van der Waals surface area contributed by atoms with Crippen molar-refractivity contribution >= 4 is 51.9 Å². The van der Waals surface area contributed by atoms with Gasteiger partial charge in [0.2, 0.25) is 11.8 Å². The summed E-state index contributed by atoms with van der Waals surface area (Å²) in [4.78, 5) is 26.9. The monoisotopic (exact) mass is 493 g/mol. The van der Waals surface area contributed by atoms with Crippen molar-refractivity contribution in [3.8, 4) is 5.75 Å². The number of nitrogens with one attached hydrogen (secondary N) is 2. The Hall–Kier alpha value is -3.59. The quantitative estimate of drug-likeness (QED) is 0.395. The number of amidine groups is 1. The first-order valence-electron chi connectivity index (χ1n) is 11.4. The molecule has 0 aliphatic carbocycles. The Morgan fingerprint density at radius 1 is 1.20 bits per heavy atom. The second-order valence-corrected chi connectivity index (χ2v) is 9.38. The summed E-state index contributed by atoms with van der Waals surface area (Å²) in [5, 5.41) is 13.6. The summed E-state index contributed by atoms with van der Waals surface area (Å²) >= 11 is 1.18. The van der Waals surface area contributed by atoms with Crippen LogP contribution in [0.2, 0.25) is 0 Å². The number of thioether (sulfide) groups is 1. The van der Waals surface area contributed by atoms with Crippen LogP contribution in [0.25, 0.3) is 6.08 Å². The van der Waals surface area contributed by atoms with Crippen LogP contribution in [0.4, 0.5) is 11.4 Å². The molecule has 1 fully saturated rings. The molecule has 0 spiro atoms. The normalized spacial score (nSPS) is 17.4. The molecule has 3 rings (SSSR count). The lowest BCUT2D eigenvalue weighted by atomic mass is 10.2. The average molecular weight is 494 g/mol. The van der Waals surface area contributed by atoms with Crippen molar-refractivity contribution in [1.82, 2.24) is 5.32 Å². The summed E-state index contributed by atoms with van der Waals surface area (Å²) in [5.74, 6) is 0.218. The highest BCUT2D eigenvalue weighted by Crippen LogP contribution is 2.23. The maximum Gasteiger partial charge on any atom is 0.238 e. The largest absolute Gasteiger partial charge is 0.494 e. The molecule has 2 N–H and O–H groups in total. The molecule has 184 valence electrons.